The number of benzene rings is 3. The smallest absolute Gasteiger partial charge is 0.262 e. The minimum atomic E-state index is -0.770. The van der Waals surface area contributed by atoms with Crippen molar-refractivity contribution in [2.45, 2.75) is 19.8 Å². The van der Waals surface area contributed by atoms with E-state index in [2.05, 4.69) is 40.4 Å². The van der Waals surface area contributed by atoms with Crippen molar-refractivity contribution in [3.05, 3.63) is 90.0 Å². The van der Waals surface area contributed by atoms with Crippen LogP contribution in [0, 0.1) is 5.82 Å². The van der Waals surface area contributed by atoms with Crippen LogP contribution in [-0.2, 0) is 6.42 Å². The highest BCUT2D eigenvalue weighted by molar-refractivity contribution is 6.06. The van der Waals surface area contributed by atoms with Crippen LogP contribution in [0.3, 0.4) is 0 Å². The summed E-state index contributed by atoms with van der Waals surface area (Å²) in [5.74, 6) is -1.06. The van der Waals surface area contributed by atoms with Crippen LogP contribution in [-0.4, -0.2) is 21.0 Å². The molecule has 6 heteroatoms. The summed E-state index contributed by atoms with van der Waals surface area (Å²) >= 11 is 0. The molecule has 156 valence electrons. The van der Waals surface area contributed by atoms with Gasteiger partial charge in [-0.15, -0.1) is 0 Å². The van der Waals surface area contributed by atoms with Crippen molar-refractivity contribution in [1.29, 1.82) is 0 Å². The van der Waals surface area contributed by atoms with Crippen molar-refractivity contribution in [2.75, 3.05) is 5.32 Å². The number of nitrogens with one attached hydrogen (secondary N) is 2. The highest BCUT2D eigenvalue weighted by atomic mass is 19.1. The molecule has 0 aliphatic rings. The summed E-state index contributed by atoms with van der Waals surface area (Å²) < 4.78 is 13.9. The molecule has 3 N–H and O–H groups in total. The first-order valence-corrected chi connectivity index (χ1v) is 10.1. The molecule has 5 nitrogen and oxygen atoms in total. The first kappa shape index (κ1) is 20.3. The van der Waals surface area contributed by atoms with Crippen LogP contribution in [0.1, 0.15) is 29.3 Å². The summed E-state index contributed by atoms with van der Waals surface area (Å²) in [4.78, 5) is 19.9. The molecule has 0 unspecified atom stereocenters. The quantitative estimate of drug-likeness (QED) is 0.373. The summed E-state index contributed by atoms with van der Waals surface area (Å²) in [5.41, 5.74) is 4.46. The van der Waals surface area contributed by atoms with E-state index < -0.39 is 17.5 Å². The van der Waals surface area contributed by atoms with Crippen LogP contribution in [0.4, 0.5) is 10.1 Å². The van der Waals surface area contributed by atoms with Crippen molar-refractivity contribution in [3.8, 4) is 28.3 Å². The van der Waals surface area contributed by atoms with Crippen LogP contribution >= 0.6 is 0 Å². The maximum absolute atomic E-state index is 13.9. The second-order valence-electron chi connectivity index (χ2n) is 7.23. The average Bonchev–Trinajstić information content (AvgIpc) is 3.30. The standard InChI is InChI=1S/C25H22FN3O2/c1-2-4-16-7-8-18(24-27-13-14-28-24)15-20(16)17-9-11-19(12-10-17)29-25(31)23-21(26)5-3-6-22(23)30/h3,5-15,30H,2,4H2,1H3,(H,27,28)(H,29,31). The van der Waals surface area contributed by atoms with Gasteiger partial charge in [0.2, 0.25) is 0 Å². The van der Waals surface area contributed by atoms with Crippen molar-refractivity contribution in [1.82, 2.24) is 9.97 Å². The lowest BCUT2D eigenvalue weighted by molar-refractivity contribution is 0.102. The number of aryl methyl sites for hydroxylation is 1. The number of carbonyl (C=O) groups is 1. The average molecular weight is 415 g/mol. The predicted molar refractivity (Wildman–Crippen MR) is 119 cm³/mol. The van der Waals surface area contributed by atoms with E-state index in [9.17, 15) is 14.3 Å². The first-order chi connectivity index (χ1) is 15.1. The summed E-state index contributed by atoms with van der Waals surface area (Å²) in [7, 11) is 0. The van der Waals surface area contributed by atoms with E-state index in [-0.39, 0.29) is 5.56 Å². The Kier molecular flexibility index (Phi) is 5.80. The third-order valence-electron chi connectivity index (χ3n) is 5.07. The Morgan fingerprint density at radius 2 is 1.87 bits per heavy atom. The van der Waals surface area contributed by atoms with Crippen LogP contribution < -0.4 is 5.32 Å². The third-order valence-corrected chi connectivity index (χ3v) is 5.07. The number of aromatic nitrogens is 2. The van der Waals surface area contributed by atoms with Gasteiger partial charge in [-0.3, -0.25) is 4.79 Å². The molecule has 0 aliphatic heterocycles. The van der Waals surface area contributed by atoms with Gasteiger partial charge in [-0.05, 0) is 53.4 Å². The number of H-pyrrole nitrogens is 1. The van der Waals surface area contributed by atoms with Crippen LogP contribution in [0.5, 0.6) is 5.75 Å². The maximum atomic E-state index is 13.9. The topological polar surface area (TPSA) is 78.0 Å². The van der Waals surface area contributed by atoms with Crippen LogP contribution in [0.15, 0.2) is 73.1 Å². The molecule has 1 aromatic heterocycles. The molecule has 1 amide bonds. The van der Waals surface area contributed by atoms with Crippen LogP contribution in [0.2, 0.25) is 0 Å². The summed E-state index contributed by atoms with van der Waals surface area (Å²) in [6, 6.07) is 17.4. The lowest BCUT2D eigenvalue weighted by Gasteiger charge is -2.13. The Bertz CT molecular complexity index is 1180. The number of phenolic OH excluding ortho intramolecular Hbond substituents is 1. The van der Waals surface area contributed by atoms with Gasteiger partial charge in [0.25, 0.3) is 5.91 Å². The number of imidazole rings is 1. The second kappa shape index (κ2) is 8.83. The van der Waals surface area contributed by atoms with Gasteiger partial charge < -0.3 is 15.4 Å². The first-order valence-electron chi connectivity index (χ1n) is 10.1. The van der Waals surface area contributed by atoms with Crippen molar-refractivity contribution >= 4 is 11.6 Å². The predicted octanol–water partition coefficient (Wildman–Crippen LogP) is 5.79. The zero-order valence-corrected chi connectivity index (χ0v) is 17.0. The fourth-order valence-electron chi connectivity index (χ4n) is 3.57. The van der Waals surface area contributed by atoms with E-state index in [0.29, 0.717) is 5.69 Å². The van der Waals surface area contributed by atoms with Crippen molar-refractivity contribution in [3.63, 3.8) is 0 Å². The molecule has 0 radical (unpaired) electrons. The SMILES string of the molecule is CCCc1ccc(-c2ncc[nH]2)cc1-c1ccc(NC(=O)c2c(O)cccc2F)cc1. The van der Waals surface area contributed by atoms with Gasteiger partial charge in [0, 0.05) is 23.6 Å². The molecule has 4 aromatic rings. The number of hydrogen-bond acceptors (Lipinski definition) is 3. The van der Waals surface area contributed by atoms with E-state index in [1.807, 2.05) is 12.1 Å². The number of aromatic amines is 1. The second-order valence-corrected chi connectivity index (χ2v) is 7.23. The molecule has 0 saturated carbocycles. The minimum Gasteiger partial charge on any atom is -0.507 e. The number of rotatable bonds is 6. The molecule has 31 heavy (non-hydrogen) atoms. The van der Waals surface area contributed by atoms with Gasteiger partial charge in [-0.2, -0.15) is 0 Å². The van der Waals surface area contributed by atoms with E-state index in [4.69, 9.17) is 0 Å². The lowest BCUT2D eigenvalue weighted by atomic mass is 9.94. The molecule has 0 saturated heterocycles. The number of amides is 1. The van der Waals surface area contributed by atoms with E-state index in [1.165, 1.54) is 17.7 Å². The minimum absolute atomic E-state index is 0.372. The number of phenols is 1. The molecule has 0 atom stereocenters. The highest BCUT2D eigenvalue weighted by Crippen LogP contribution is 2.30. The van der Waals surface area contributed by atoms with Crippen LogP contribution in [0.25, 0.3) is 22.5 Å². The molecule has 0 aliphatic carbocycles. The fraction of sp³-hybridized carbons (Fsp3) is 0.120. The van der Waals surface area contributed by atoms with Gasteiger partial charge >= 0.3 is 0 Å². The van der Waals surface area contributed by atoms with Gasteiger partial charge in [0.1, 0.15) is 23.0 Å². The highest BCUT2D eigenvalue weighted by Gasteiger charge is 2.17. The molecule has 0 spiro atoms. The lowest BCUT2D eigenvalue weighted by Crippen LogP contribution is -2.13. The van der Waals surface area contributed by atoms with E-state index in [1.54, 1.807) is 24.5 Å². The summed E-state index contributed by atoms with van der Waals surface area (Å²) in [6.07, 6.45) is 5.48. The maximum Gasteiger partial charge on any atom is 0.262 e. The Morgan fingerprint density at radius 1 is 1.10 bits per heavy atom. The number of aromatic hydroxyl groups is 1. The molecule has 1 heterocycles. The van der Waals surface area contributed by atoms with Crippen molar-refractivity contribution < 1.29 is 14.3 Å². The zero-order valence-electron chi connectivity index (χ0n) is 17.0. The van der Waals surface area contributed by atoms with Gasteiger partial charge in [0.15, 0.2) is 0 Å². The summed E-state index contributed by atoms with van der Waals surface area (Å²) in [5, 5.41) is 12.4. The third kappa shape index (κ3) is 4.33. The molecular formula is C25H22FN3O2. The normalized spacial score (nSPS) is 10.8. The fourth-order valence-corrected chi connectivity index (χ4v) is 3.57. The van der Waals surface area contributed by atoms with Gasteiger partial charge in [0.05, 0.1) is 0 Å². The van der Waals surface area contributed by atoms with Gasteiger partial charge in [-0.25, -0.2) is 9.37 Å². The van der Waals surface area contributed by atoms with E-state index in [0.717, 1.165) is 41.4 Å². The Morgan fingerprint density at radius 3 is 2.55 bits per heavy atom. The van der Waals surface area contributed by atoms with Crippen molar-refractivity contribution in [2.24, 2.45) is 0 Å². The number of hydrogen-bond donors (Lipinski definition) is 3. The molecule has 0 fully saturated rings. The Hall–Kier alpha value is -3.93. The Balaban J connectivity index is 1.62. The molecular weight excluding hydrogens is 393 g/mol. The number of nitrogens with zero attached hydrogens (tertiary/aromatic N) is 1. The monoisotopic (exact) mass is 415 g/mol. The molecule has 4 rings (SSSR count). The molecule has 0 bridgehead atoms. The summed E-state index contributed by atoms with van der Waals surface area (Å²) in [6.45, 7) is 2.14. The van der Waals surface area contributed by atoms with Gasteiger partial charge in [-0.1, -0.05) is 43.7 Å². The largest absolute Gasteiger partial charge is 0.507 e. The molecule has 3 aromatic carbocycles. The number of anilines is 1. The zero-order chi connectivity index (χ0) is 21.8. The number of halogens is 1. The van der Waals surface area contributed by atoms with E-state index >= 15 is 0 Å². The Labute approximate surface area is 179 Å². The number of carbonyl (C=O) groups excluding carboxylic acids is 1.